The molecule has 1 aliphatic rings. The van der Waals surface area contributed by atoms with Gasteiger partial charge in [0.1, 0.15) is 17.6 Å². The third kappa shape index (κ3) is 3.49. The first-order chi connectivity index (χ1) is 12.6. The molecule has 26 heavy (non-hydrogen) atoms. The molecule has 0 saturated carbocycles. The zero-order chi connectivity index (χ0) is 18.1. The molecule has 0 aliphatic carbocycles. The van der Waals surface area contributed by atoms with Crippen LogP contribution in [0.1, 0.15) is 44.3 Å². The summed E-state index contributed by atoms with van der Waals surface area (Å²) in [7, 11) is 2.07. The van der Waals surface area contributed by atoms with Gasteiger partial charge in [0, 0.05) is 37.6 Å². The number of piperidine rings is 1. The Balaban J connectivity index is 1.34. The van der Waals surface area contributed by atoms with Crippen molar-refractivity contribution in [2.45, 2.75) is 45.3 Å². The molecule has 138 valence electrons. The molecule has 0 amide bonds. The first-order valence-electron chi connectivity index (χ1n) is 9.48. The van der Waals surface area contributed by atoms with Crippen molar-refractivity contribution >= 4 is 10.9 Å². The van der Waals surface area contributed by atoms with Gasteiger partial charge < -0.3 is 13.7 Å². The largest absolute Gasteiger partial charge is 0.490 e. The lowest BCUT2D eigenvalue weighted by molar-refractivity contribution is 0.0926. The van der Waals surface area contributed by atoms with Gasteiger partial charge >= 0.3 is 0 Å². The van der Waals surface area contributed by atoms with E-state index in [1.54, 1.807) is 0 Å². The van der Waals surface area contributed by atoms with Crippen LogP contribution in [0.2, 0.25) is 0 Å². The van der Waals surface area contributed by atoms with Crippen LogP contribution in [0.5, 0.6) is 5.75 Å². The van der Waals surface area contributed by atoms with E-state index in [2.05, 4.69) is 65.8 Å². The van der Waals surface area contributed by atoms with Crippen molar-refractivity contribution in [2.24, 2.45) is 7.05 Å². The van der Waals surface area contributed by atoms with Crippen LogP contribution in [0.3, 0.4) is 0 Å². The number of aromatic nitrogens is 2. The van der Waals surface area contributed by atoms with Crippen molar-refractivity contribution in [1.29, 1.82) is 0 Å². The average Bonchev–Trinajstić information content (AvgIpc) is 3.25. The summed E-state index contributed by atoms with van der Waals surface area (Å²) in [6.45, 7) is 7.05. The normalized spacial score (nSPS) is 16.6. The van der Waals surface area contributed by atoms with Gasteiger partial charge in [0.15, 0.2) is 0 Å². The van der Waals surface area contributed by atoms with Gasteiger partial charge in [-0.25, -0.2) is 4.98 Å². The lowest BCUT2D eigenvalue weighted by Crippen LogP contribution is -2.37. The van der Waals surface area contributed by atoms with Crippen LogP contribution in [0.4, 0.5) is 0 Å². The summed E-state index contributed by atoms with van der Waals surface area (Å²) in [5.41, 5.74) is 1.21. The summed E-state index contributed by atoms with van der Waals surface area (Å²) in [5.74, 6) is 3.17. The molecule has 0 radical (unpaired) electrons. The van der Waals surface area contributed by atoms with Crippen molar-refractivity contribution < 1.29 is 9.15 Å². The van der Waals surface area contributed by atoms with Crippen LogP contribution in [-0.2, 0) is 13.6 Å². The van der Waals surface area contributed by atoms with Crippen molar-refractivity contribution in [2.75, 3.05) is 13.1 Å². The Kier molecular flexibility index (Phi) is 4.72. The smallest absolute Gasteiger partial charge is 0.208 e. The maximum atomic E-state index is 6.34. The van der Waals surface area contributed by atoms with E-state index in [-0.39, 0.29) is 6.10 Å². The number of aryl methyl sites for hydroxylation is 1. The van der Waals surface area contributed by atoms with Crippen LogP contribution >= 0.6 is 0 Å². The highest BCUT2D eigenvalue weighted by atomic mass is 16.5. The number of nitrogens with zero attached hydrogens (tertiary/aromatic N) is 3. The molecule has 1 fully saturated rings. The molecule has 5 nitrogen and oxygen atoms in total. The molecule has 3 heterocycles. The van der Waals surface area contributed by atoms with E-state index in [4.69, 9.17) is 9.15 Å². The van der Waals surface area contributed by atoms with E-state index in [1.165, 1.54) is 10.9 Å². The summed E-state index contributed by atoms with van der Waals surface area (Å²) in [6, 6.07) is 8.41. The lowest BCUT2D eigenvalue weighted by atomic mass is 10.1. The van der Waals surface area contributed by atoms with Gasteiger partial charge in [0.2, 0.25) is 5.89 Å². The SMILES string of the molecule is CC(C)c1cnc(CN2CCC(Oc3cccc4c3ccn4C)CC2)o1. The molecule has 4 rings (SSSR count). The maximum absolute atomic E-state index is 6.34. The molecular formula is C21H27N3O2. The molecule has 3 aromatic rings. The second kappa shape index (κ2) is 7.16. The van der Waals surface area contributed by atoms with Gasteiger partial charge in [-0.15, -0.1) is 0 Å². The number of fused-ring (bicyclic) bond motifs is 1. The number of hydrogen-bond acceptors (Lipinski definition) is 4. The number of likely N-dealkylation sites (tertiary alicyclic amines) is 1. The van der Waals surface area contributed by atoms with Crippen LogP contribution in [0, 0.1) is 0 Å². The minimum atomic E-state index is 0.271. The van der Waals surface area contributed by atoms with E-state index in [1.807, 2.05) is 6.20 Å². The maximum Gasteiger partial charge on any atom is 0.208 e. The monoisotopic (exact) mass is 353 g/mol. The zero-order valence-electron chi connectivity index (χ0n) is 15.8. The average molecular weight is 353 g/mol. The van der Waals surface area contributed by atoms with Crippen LogP contribution < -0.4 is 4.74 Å². The van der Waals surface area contributed by atoms with Crippen LogP contribution in [0.25, 0.3) is 10.9 Å². The fourth-order valence-corrected chi connectivity index (χ4v) is 3.60. The number of ether oxygens (including phenoxy) is 1. The number of hydrogen-bond donors (Lipinski definition) is 0. The Bertz CT molecular complexity index is 872. The zero-order valence-corrected chi connectivity index (χ0v) is 15.8. The fourth-order valence-electron chi connectivity index (χ4n) is 3.60. The summed E-state index contributed by atoms with van der Waals surface area (Å²) >= 11 is 0. The molecule has 0 unspecified atom stereocenters. The van der Waals surface area contributed by atoms with E-state index >= 15 is 0 Å². The summed E-state index contributed by atoms with van der Waals surface area (Å²) < 4.78 is 14.3. The standard InChI is InChI=1S/C21H27N3O2/c1-15(2)20-13-22-21(26-20)14-24-11-7-16(8-12-24)25-19-6-4-5-18-17(19)9-10-23(18)3/h4-6,9-10,13,15-16H,7-8,11-12,14H2,1-3H3. The van der Waals surface area contributed by atoms with E-state index in [9.17, 15) is 0 Å². The van der Waals surface area contributed by atoms with Crippen LogP contribution in [0.15, 0.2) is 41.1 Å². The quantitative estimate of drug-likeness (QED) is 0.685. The van der Waals surface area contributed by atoms with Gasteiger partial charge in [-0.05, 0) is 31.0 Å². The van der Waals surface area contributed by atoms with Crippen molar-refractivity contribution in [3.05, 3.63) is 48.3 Å². The molecule has 1 aromatic carbocycles. The van der Waals surface area contributed by atoms with E-state index < -0.39 is 0 Å². The Labute approximate surface area is 154 Å². The lowest BCUT2D eigenvalue weighted by Gasteiger charge is -2.31. The van der Waals surface area contributed by atoms with E-state index in [0.29, 0.717) is 5.92 Å². The number of benzene rings is 1. The van der Waals surface area contributed by atoms with Gasteiger partial charge in [-0.3, -0.25) is 4.90 Å². The first kappa shape index (κ1) is 17.2. The highest BCUT2D eigenvalue weighted by molar-refractivity contribution is 5.86. The molecular weight excluding hydrogens is 326 g/mol. The Morgan fingerprint density at radius 1 is 1.23 bits per heavy atom. The van der Waals surface area contributed by atoms with Gasteiger partial charge in [-0.2, -0.15) is 0 Å². The Morgan fingerprint density at radius 3 is 2.77 bits per heavy atom. The minimum Gasteiger partial charge on any atom is -0.490 e. The fraction of sp³-hybridized carbons (Fsp3) is 0.476. The van der Waals surface area contributed by atoms with Crippen molar-refractivity contribution in [3.63, 3.8) is 0 Å². The molecule has 1 saturated heterocycles. The predicted octanol–water partition coefficient (Wildman–Crippen LogP) is 4.33. The third-order valence-corrected chi connectivity index (χ3v) is 5.22. The predicted molar refractivity (Wildman–Crippen MR) is 102 cm³/mol. The van der Waals surface area contributed by atoms with Gasteiger partial charge in [0.25, 0.3) is 0 Å². The summed E-state index contributed by atoms with van der Waals surface area (Å²) in [6.07, 6.45) is 6.27. The highest BCUT2D eigenvalue weighted by Gasteiger charge is 2.22. The second-order valence-electron chi connectivity index (χ2n) is 7.52. The summed E-state index contributed by atoms with van der Waals surface area (Å²) in [5, 5.41) is 1.19. The van der Waals surface area contributed by atoms with Gasteiger partial charge in [-0.1, -0.05) is 19.9 Å². The topological polar surface area (TPSA) is 43.4 Å². The molecule has 0 N–H and O–H groups in total. The van der Waals surface area contributed by atoms with Crippen molar-refractivity contribution in [1.82, 2.24) is 14.5 Å². The van der Waals surface area contributed by atoms with E-state index in [0.717, 1.165) is 49.9 Å². The Hall–Kier alpha value is -2.27. The Morgan fingerprint density at radius 2 is 2.04 bits per heavy atom. The number of oxazole rings is 1. The summed E-state index contributed by atoms with van der Waals surface area (Å²) in [4.78, 5) is 6.81. The highest BCUT2D eigenvalue weighted by Crippen LogP contribution is 2.29. The molecule has 0 bridgehead atoms. The molecule has 1 aliphatic heterocycles. The van der Waals surface area contributed by atoms with Crippen LogP contribution in [-0.4, -0.2) is 33.6 Å². The number of rotatable bonds is 5. The molecule has 0 spiro atoms. The second-order valence-corrected chi connectivity index (χ2v) is 7.52. The minimum absolute atomic E-state index is 0.271. The third-order valence-electron chi connectivity index (χ3n) is 5.22. The molecule has 5 heteroatoms. The van der Waals surface area contributed by atoms with Crippen molar-refractivity contribution in [3.8, 4) is 5.75 Å². The molecule has 2 aromatic heterocycles. The molecule has 0 atom stereocenters. The first-order valence-corrected chi connectivity index (χ1v) is 9.48. The van der Waals surface area contributed by atoms with Gasteiger partial charge in [0.05, 0.1) is 18.3 Å².